The van der Waals surface area contributed by atoms with Crippen LogP contribution in [0, 0.1) is 23.0 Å². The number of nitriles is 1. The lowest BCUT2D eigenvalue weighted by atomic mass is 10.1. The highest BCUT2D eigenvalue weighted by Crippen LogP contribution is 2.15. The predicted molar refractivity (Wildman–Crippen MR) is 85.9 cm³/mol. The summed E-state index contributed by atoms with van der Waals surface area (Å²) in [5, 5.41) is 13.2. The molecule has 0 heterocycles. The van der Waals surface area contributed by atoms with Gasteiger partial charge in [-0.1, -0.05) is 0 Å². The second-order valence-corrected chi connectivity index (χ2v) is 5.61. The molecule has 0 fully saturated rings. The van der Waals surface area contributed by atoms with E-state index in [0.717, 1.165) is 6.07 Å². The van der Waals surface area contributed by atoms with Gasteiger partial charge in [-0.05, 0) is 50.2 Å². The van der Waals surface area contributed by atoms with Crippen molar-refractivity contribution < 1.29 is 18.9 Å². The lowest BCUT2D eigenvalue weighted by Gasteiger charge is -2.17. The number of nitrogens with two attached hydrogens (primary N) is 1. The van der Waals surface area contributed by atoms with E-state index in [-0.39, 0.29) is 11.9 Å². The first kappa shape index (κ1) is 17.6. The number of rotatable bonds is 5. The molecule has 124 valence electrons. The molecule has 4 nitrogen and oxygen atoms in total. The third kappa shape index (κ3) is 4.37. The third-order valence-corrected chi connectivity index (χ3v) is 3.73. The fraction of sp³-hybridized carbons (Fsp3) is 0.222. The van der Waals surface area contributed by atoms with E-state index in [1.165, 1.54) is 12.1 Å². The Balaban J connectivity index is 1.98. The van der Waals surface area contributed by atoms with E-state index in [2.05, 4.69) is 5.32 Å². The van der Waals surface area contributed by atoms with Gasteiger partial charge in [-0.15, -0.1) is 0 Å². The Morgan fingerprint density at radius 1 is 1.17 bits per heavy atom. The highest BCUT2D eigenvalue weighted by atomic mass is 19.1. The summed E-state index contributed by atoms with van der Waals surface area (Å²) in [6.07, 6.45) is 0. The third-order valence-electron chi connectivity index (χ3n) is 3.73. The zero-order valence-electron chi connectivity index (χ0n) is 13.4. The summed E-state index contributed by atoms with van der Waals surface area (Å²) in [5.41, 5.74) is 1.43. The Hall–Kier alpha value is -2.78. The number of nitrogens with one attached hydrogen (secondary N) is 1. The van der Waals surface area contributed by atoms with Gasteiger partial charge in [-0.2, -0.15) is 5.26 Å². The molecule has 0 aliphatic carbocycles. The molecule has 0 radical (unpaired) electrons. The standard InChI is InChI=1S/C18H17F2N3O/c1-11(16-8-5-14(19)9-17(16)20)22-12(2)18(24)23-15-6-3-13(10-21)4-7-15/h3-9,11-12,22H,1-2H3,(H,23,24)/p+1/t11-,12+/m1/s1. The molecule has 24 heavy (non-hydrogen) atoms. The first-order chi connectivity index (χ1) is 11.4. The number of quaternary nitrogens is 1. The van der Waals surface area contributed by atoms with Crippen molar-refractivity contribution in [1.82, 2.24) is 0 Å². The van der Waals surface area contributed by atoms with E-state index in [9.17, 15) is 13.6 Å². The maximum absolute atomic E-state index is 13.8. The quantitative estimate of drug-likeness (QED) is 0.884. The topological polar surface area (TPSA) is 69.5 Å². The Bertz CT molecular complexity index is 769. The number of benzene rings is 2. The predicted octanol–water partition coefficient (Wildman–Crippen LogP) is 2.49. The number of anilines is 1. The van der Waals surface area contributed by atoms with E-state index in [4.69, 9.17) is 5.26 Å². The molecule has 1 amide bonds. The molecule has 6 heteroatoms. The monoisotopic (exact) mass is 330 g/mol. The van der Waals surface area contributed by atoms with E-state index in [0.29, 0.717) is 16.8 Å². The molecule has 2 aromatic carbocycles. The second-order valence-electron chi connectivity index (χ2n) is 5.61. The minimum Gasteiger partial charge on any atom is -0.330 e. The van der Waals surface area contributed by atoms with Gasteiger partial charge in [0.2, 0.25) is 0 Å². The van der Waals surface area contributed by atoms with E-state index in [1.807, 2.05) is 6.07 Å². The fourth-order valence-corrected chi connectivity index (χ4v) is 2.38. The van der Waals surface area contributed by atoms with Crippen LogP contribution in [0.1, 0.15) is 31.0 Å². The van der Waals surface area contributed by atoms with E-state index in [1.54, 1.807) is 43.4 Å². The highest BCUT2D eigenvalue weighted by Gasteiger charge is 2.22. The molecule has 2 rings (SSSR count). The molecular weight excluding hydrogens is 312 g/mol. The maximum atomic E-state index is 13.8. The van der Waals surface area contributed by atoms with Crippen molar-refractivity contribution in [1.29, 1.82) is 5.26 Å². The summed E-state index contributed by atoms with van der Waals surface area (Å²) >= 11 is 0. The number of carbonyl (C=O) groups is 1. The minimum absolute atomic E-state index is 0.242. The van der Waals surface area contributed by atoms with Crippen LogP contribution in [0.15, 0.2) is 42.5 Å². The normalized spacial score (nSPS) is 13.0. The van der Waals surface area contributed by atoms with Crippen molar-refractivity contribution in [3.63, 3.8) is 0 Å². The summed E-state index contributed by atoms with van der Waals surface area (Å²) in [5.74, 6) is -1.50. The lowest BCUT2D eigenvalue weighted by Crippen LogP contribution is -2.91. The highest BCUT2D eigenvalue weighted by molar-refractivity contribution is 5.93. The SMILES string of the molecule is C[C@H]([NH2+][C@H](C)c1ccc(F)cc1F)C(=O)Nc1ccc(C#N)cc1. The van der Waals surface area contributed by atoms with E-state index < -0.39 is 17.7 Å². The van der Waals surface area contributed by atoms with Crippen LogP contribution in [0.25, 0.3) is 0 Å². The van der Waals surface area contributed by atoms with Gasteiger partial charge in [0, 0.05) is 17.3 Å². The van der Waals surface area contributed by atoms with Crippen LogP contribution in [0.2, 0.25) is 0 Å². The molecule has 2 atom stereocenters. The van der Waals surface area contributed by atoms with Crippen LogP contribution in [-0.4, -0.2) is 11.9 Å². The van der Waals surface area contributed by atoms with Gasteiger partial charge in [-0.3, -0.25) is 4.79 Å². The number of carbonyl (C=O) groups excluding carboxylic acids is 1. The van der Waals surface area contributed by atoms with Gasteiger partial charge in [0.15, 0.2) is 6.04 Å². The van der Waals surface area contributed by atoms with Crippen LogP contribution < -0.4 is 10.6 Å². The summed E-state index contributed by atoms with van der Waals surface area (Å²) < 4.78 is 26.7. The zero-order valence-corrected chi connectivity index (χ0v) is 13.4. The van der Waals surface area contributed by atoms with Crippen LogP contribution in [-0.2, 0) is 4.79 Å². The van der Waals surface area contributed by atoms with Crippen molar-refractivity contribution in [2.45, 2.75) is 25.9 Å². The molecule has 2 aromatic rings. The van der Waals surface area contributed by atoms with Crippen molar-refractivity contribution in [3.05, 3.63) is 65.2 Å². The summed E-state index contributed by atoms with van der Waals surface area (Å²) in [6, 6.07) is 11.1. The first-order valence-corrected chi connectivity index (χ1v) is 7.51. The number of nitrogens with zero attached hydrogens (tertiary/aromatic N) is 1. The molecule has 0 aliphatic rings. The van der Waals surface area contributed by atoms with Crippen LogP contribution >= 0.6 is 0 Å². The van der Waals surface area contributed by atoms with E-state index >= 15 is 0 Å². The van der Waals surface area contributed by atoms with Crippen molar-refractivity contribution in [2.75, 3.05) is 5.32 Å². The molecule has 0 aliphatic heterocycles. The van der Waals surface area contributed by atoms with Crippen molar-refractivity contribution in [3.8, 4) is 6.07 Å². The zero-order chi connectivity index (χ0) is 17.7. The Morgan fingerprint density at radius 2 is 1.83 bits per heavy atom. The number of hydrogen-bond acceptors (Lipinski definition) is 2. The average Bonchev–Trinajstić information content (AvgIpc) is 2.55. The minimum atomic E-state index is -0.630. The molecule has 0 unspecified atom stereocenters. The fourth-order valence-electron chi connectivity index (χ4n) is 2.38. The molecule has 0 saturated carbocycles. The first-order valence-electron chi connectivity index (χ1n) is 7.51. The van der Waals surface area contributed by atoms with Crippen LogP contribution in [0.3, 0.4) is 0 Å². The number of halogens is 2. The van der Waals surface area contributed by atoms with Crippen molar-refractivity contribution >= 4 is 11.6 Å². The Morgan fingerprint density at radius 3 is 2.42 bits per heavy atom. The summed E-state index contributed by atoms with van der Waals surface area (Å²) in [7, 11) is 0. The van der Waals surface area contributed by atoms with Crippen molar-refractivity contribution in [2.24, 2.45) is 0 Å². The number of hydrogen-bond donors (Lipinski definition) is 2. The van der Waals surface area contributed by atoms with Crippen LogP contribution in [0.4, 0.5) is 14.5 Å². The molecule has 0 bridgehead atoms. The molecule has 0 aromatic heterocycles. The van der Waals surface area contributed by atoms with Gasteiger partial charge in [-0.25, -0.2) is 8.78 Å². The second kappa shape index (κ2) is 7.66. The van der Waals surface area contributed by atoms with Gasteiger partial charge in [0.05, 0.1) is 11.6 Å². The molecule has 0 spiro atoms. The molecular formula is C18H18F2N3O+. The Kier molecular flexibility index (Phi) is 5.61. The maximum Gasteiger partial charge on any atom is 0.282 e. The average molecular weight is 330 g/mol. The van der Waals surface area contributed by atoms with Gasteiger partial charge < -0.3 is 10.6 Å². The molecule has 0 saturated heterocycles. The largest absolute Gasteiger partial charge is 0.330 e. The lowest BCUT2D eigenvalue weighted by molar-refractivity contribution is -0.710. The molecule has 3 N–H and O–H groups in total. The summed E-state index contributed by atoms with van der Waals surface area (Å²) in [4.78, 5) is 12.2. The summed E-state index contributed by atoms with van der Waals surface area (Å²) in [6.45, 7) is 3.46. The van der Waals surface area contributed by atoms with Gasteiger partial charge in [0.25, 0.3) is 5.91 Å². The Labute approximate surface area is 139 Å². The van der Waals surface area contributed by atoms with Gasteiger partial charge in [0.1, 0.15) is 17.7 Å². The smallest absolute Gasteiger partial charge is 0.282 e. The number of amides is 1. The van der Waals surface area contributed by atoms with Crippen LogP contribution in [0.5, 0.6) is 0 Å². The van der Waals surface area contributed by atoms with Gasteiger partial charge >= 0.3 is 0 Å².